The van der Waals surface area contributed by atoms with Crippen molar-refractivity contribution >= 4 is 21.9 Å². The molecule has 2 fully saturated rings. The average Bonchev–Trinajstić information content (AvgIpc) is 2.71. The fraction of sp³-hybridized carbons (Fsp3) is 0.600. The third kappa shape index (κ3) is 4.72. The molecule has 0 spiro atoms. The number of nitrogens with one attached hydrogen (secondary N) is 1. The zero-order valence-corrected chi connectivity index (χ0v) is 17.0. The Morgan fingerprint density at radius 3 is 2.50 bits per heavy atom. The largest absolute Gasteiger partial charge is 0.452 e. The van der Waals surface area contributed by atoms with E-state index < -0.39 is 16.0 Å². The second-order valence-corrected chi connectivity index (χ2v) is 9.21. The fourth-order valence-corrected chi connectivity index (χ4v) is 5.31. The first-order valence-corrected chi connectivity index (χ1v) is 11.5. The van der Waals surface area contributed by atoms with Gasteiger partial charge in [-0.2, -0.15) is 0 Å². The molecule has 1 aromatic rings. The molecule has 1 aliphatic heterocycles. The molecule has 28 heavy (non-hydrogen) atoms. The van der Waals surface area contributed by atoms with Crippen molar-refractivity contribution in [2.24, 2.45) is 5.92 Å². The van der Waals surface area contributed by atoms with E-state index in [9.17, 15) is 18.0 Å². The minimum atomic E-state index is -3.57. The van der Waals surface area contributed by atoms with Gasteiger partial charge in [-0.3, -0.25) is 4.79 Å². The zero-order valence-electron chi connectivity index (χ0n) is 16.2. The first kappa shape index (κ1) is 20.8. The van der Waals surface area contributed by atoms with Gasteiger partial charge in [0.1, 0.15) is 0 Å². The third-order valence-corrected chi connectivity index (χ3v) is 7.19. The predicted octanol–water partition coefficient (Wildman–Crippen LogP) is 2.32. The van der Waals surface area contributed by atoms with Gasteiger partial charge in [0.15, 0.2) is 6.61 Å². The van der Waals surface area contributed by atoms with Gasteiger partial charge in [-0.05, 0) is 55.9 Å². The minimum absolute atomic E-state index is 0.0821. The Hall–Kier alpha value is -1.93. The van der Waals surface area contributed by atoms with Gasteiger partial charge < -0.3 is 9.64 Å². The van der Waals surface area contributed by atoms with Crippen LogP contribution in [0, 0.1) is 5.92 Å². The first-order chi connectivity index (χ1) is 13.4. The van der Waals surface area contributed by atoms with Crippen LogP contribution in [0.1, 0.15) is 55.8 Å². The predicted molar refractivity (Wildman–Crippen MR) is 104 cm³/mol. The Morgan fingerprint density at radius 2 is 1.79 bits per heavy atom. The normalized spacial score (nSPS) is 22.4. The van der Waals surface area contributed by atoms with Gasteiger partial charge in [-0.25, -0.2) is 17.9 Å². The average molecular weight is 409 g/mol. The van der Waals surface area contributed by atoms with E-state index >= 15 is 0 Å². The third-order valence-electron chi connectivity index (χ3n) is 5.62. The van der Waals surface area contributed by atoms with E-state index in [-0.39, 0.29) is 35.6 Å². The number of hydrogen-bond acceptors (Lipinski definition) is 5. The number of rotatable bonds is 6. The Balaban J connectivity index is 1.57. The number of hydrogen-bond donors (Lipinski definition) is 1. The molecule has 0 bridgehead atoms. The molecule has 3 rings (SSSR count). The number of fused-ring (bicyclic) bond motifs is 1. The Labute approximate surface area is 166 Å². The summed E-state index contributed by atoms with van der Waals surface area (Å²) in [6.45, 7) is 2.43. The number of likely N-dealkylation sites (tertiary alicyclic amines) is 1. The summed E-state index contributed by atoms with van der Waals surface area (Å²) in [7, 11) is -3.57. The number of carbonyl (C=O) groups is 2. The molecule has 1 amide bonds. The molecule has 8 heteroatoms. The van der Waals surface area contributed by atoms with E-state index in [2.05, 4.69) is 4.72 Å². The van der Waals surface area contributed by atoms with Crippen molar-refractivity contribution in [3.8, 4) is 0 Å². The Kier molecular flexibility index (Phi) is 6.72. The summed E-state index contributed by atoms with van der Waals surface area (Å²) >= 11 is 0. The quantitative estimate of drug-likeness (QED) is 0.729. The maximum absolute atomic E-state index is 12.6. The van der Waals surface area contributed by atoms with Crippen LogP contribution < -0.4 is 4.72 Å². The molecule has 0 unspecified atom stereocenters. The summed E-state index contributed by atoms with van der Waals surface area (Å²) < 4.78 is 31.5. The highest BCUT2D eigenvalue weighted by Gasteiger charge is 2.35. The second-order valence-electron chi connectivity index (χ2n) is 7.44. The van der Waals surface area contributed by atoms with E-state index in [4.69, 9.17) is 4.74 Å². The molecule has 1 saturated carbocycles. The molecule has 0 radical (unpaired) electrons. The van der Waals surface area contributed by atoms with Gasteiger partial charge in [0, 0.05) is 19.1 Å². The van der Waals surface area contributed by atoms with Crippen molar-refractivity contribution in [2.45, 2.75) is 56.4 Å². The molecule has 1 aliphatic carbocycles. The van der Waals surface area contributed by atoms with Crippen LogP contribution in [-0.4, -0.2) is 50.9 Å². The van der Waals surface area contributed by atoms with Gasteiger partial charge in [0.2, 0.25) is 10.0 Å². The maximum atomic E-state index is 12.6. The van der Waals surface area contributed by atoms with Crippen LogP contribution in [0.2, 0.25) is 0 Å². The topological polar surface area (TPSA) is 92.8 Å². The molecule has 7 nitrogen and oxygen atoms in total. The maximum Gasteiger partial charge on any atom is 0.338 e. The van der Waals surface area contributed by atoms with Gasteiger partial charge in [-0.15, -0.1) is 0 Å². The van der Waals surface area contributed by atoms with Crippen LogP contribution in [0.25, 0.3) is 0 Å². The summed E-state index contributed by atoms with van der Waals surface area (Å²) in [5, 5.41) is 0. The number of carbonyl (C=O) groups excluding carboxylic acids is 2. The van der Waals surface area contributed by atoms with Crippen molar-refractivity contribution in [1.29, 1.82) is 0 Å². The van der Waals surface area contributed by atoms with Crippen molar-refractivity contribution in [2.75, 3.05) is 19.7 Å². The summed E-state index contributed by atoms with van der Waals surface area (Å²) in [5.74, 6) is -0.192. The lowest BCUT2D eigenvalue weighted by atomic mass is 9.78. The van der Waals surface area contributed by atoms with E-state index in [1.165, 1.54) is 43.5 Å². The lowest BCUT2D eigenvalue weighted by Crippen LogP contribution is -2.50. The summed E-state index contributed by atoms with van der Waals surface area (Å²) in [5.41, 5.74) is 0.220. The molecule has 1 heterocycles. The zero-order chi connectivity index (χ0) is 20.1. The van der Waals surface area contributed by atoms with Crippen molar-refractivity contribution in [3.63, 3.8) is 0 Å². The highest BCUT2D eigenvalue weighted by molar-refractivity contribution is 7.89. The second kappa shape index (κ2) is 9.05. The van der Waals surface area contributed by atoms with Crippen molar-refractivity contribution in [3.05, 3.63) is 29.8 Å². The molecule has 0 aromatic heterocycles. The van der Waals surface area contributed by atoms with Crippen LogP contribution in [-0.2, 0) is 19.6 Å². The summed E-state index contributed by atoms with van der Waals surface area (Å²) in [4.78, 5) is 26.8. The van der Waals surface area contributed by atoms with E-state index in [1.54, 1.807) is 6.92 Å². The molecule has 2 atom stereocenters. The van der Waals surface area contributed by atoms with E-state index in [0.29, 0.717) is 5.92 Å². The number of piperidine rings is 1. The van der Waals surface area contributed by atoms with Crippen LogP contribution in [0.4, 0.5) is 0 Å². The van der Waals surface area contributed by atoms with Crippen LogP contribution in [0.15, 0.2) is 29.2 Å². The van der Waals surface area contributed by atoms with Gasteiger partial charge in [0.05, 0.1) is 10.5 Å². The smallest absolute Gasteiger partial charge is 0.338 e. The molecule has 1 saturated heterocycles. The Bertz CT molecular complexity index is 804. The Morgan fingerprint density at radius 1 is 1.11 bits per heavy atom. The molecular formula is C20H28N2O5S. The lowest BCUT2D eigenvalue weighted by molar-refractivity contribution is -0.140. The fourth-order valence-electron chi connectivity index (χ4n) is 4.27. The number of sulfonamides is 1. The SMILES string of the molecule is CCNS(=O)(=O)c1ccc(C(=O)OCC(=O)N2CCC[C@@H]3CCCC[C@@H]32)cc1. The molecule has 2 aliphatic rings. The minimum Gasteiger partial charge on any atom is -0.452 e. The molecule has 1 N–H and O–H groups in total. The standard InChI is InChI=1S/C20H28N2O5S/c1-2-21-28(25,26)17-11-9-16(10-12-17)20(24)27-14-19(23)22-13-5-7-15-6-3-4-8-18(15)22/h9-12,15,18,21H,2-8,13-14H2,1H3/t15-,18-/m0/s1. The number of esters is 1. The number of ether oxygens (including phenoxy) is 1. The number of amides is 1. The van der Waals surface area contributed by atoms with Gasteiger partial charge in [0.25, 0.3) is 5.91 Å². The van der Waals surface area contributed by atoms with Crippen LogP contribution in [0.5, 0.6) is 0 Å². The molecular weight excluding hydrogens is 380 g/mol. The van der Waals surface area contributed by atoms with Crippen molar-refractivity contribution in [1.82, 2.24) is 9.62 Å². The van der Waals surface area contributed by atoms with Crippen molar-refractivity contribution < 1.29 is 22.7 Å². The molecule has 1 aromatic carbocycles. The number of nitrogens with zero attached hydrogens (tertiary/aromatic N) is 1. The van der Waals surface area contributed by atoms with E-state index in [1.807, 2.05) is 4.90 Å². The van der Waals surface area contributed by atoms with Crippen LogP contribution >= 0.6 is 0 Å². The van der Waals surface area contributed by atoms with E-state index in [0.717, 1.165) is 25.8 Å². The highest BCUT2D eigenvalue weighted by Crippen LogP contribution is 2.35. The van der Waals surface area contributed by atoms with Crippen LogP contribution in [0.3, 0.4) is 0 Å². The lowest BCUT2D eigenvalue weighted by Gasteiger charge is -2.44. The molecule has 154 valence electrons. The summed E-state index contributed by atoms with van der Waals surface area (Å²) in [6.07, 6.45) is 6.77. The summed E-state index contributed by atoms with van der Waals surface area (Å²) in [6, 6.07) is 5.79. The van der Waals surface area contributed by atoms with Gasteiger partial charge >= 0.3 is 5.97 Å². The van der Waals surface area contributed by atoms with Gasteiger partial charge in [-0.1, -0.05) is 19.8 Å². The monoisotopic (exact) mass is 408 g/mol. The number of benzene rings is 1. The highest BCUT2D eigenvalue weighted by atomic mass is 32.2. The first-order valence-electron chi connectivity index (χ1n) is 9.98.